The molecule has 0 fully saturated rings. The van der Waals surface area contributed by atoms with Gasteiger partial charge in [-0.05, 0) is 89.5 Å². The number of alkyl halides is 3. The van der Waals surface area contributed by atoms with Gasteiger partial charge in [-0.2, -0.15) is 21.6 Å². The summed E-state index contributed by atoms with van der Waals surface area (Å²) >= 11 is 6.24. The van der Waals surface area contributed by atoms with Crippen LogP contribution < -0.4 is 15.4 Å². The number of halogens is 4. The minimum absolute atomic E-state index is 0.0451. The predicted octanol–water partition coefficient (Wildman–Crippen LogP) is 8.34. The minimum Gasteiger partial charge on any atom is -0.493 e. The van der Waals surface area contributed by atoms with E-state index in [1.54, 1.807) is 61.5 Å². The molecule has 1 unspecified atom stereocenters. The number of anilines is 1. The van der Waals surface area contributed by atoms with E-state index in [9.17, 15) is 31.2 Å². The summed E-state index contributed by atoms with van der Waals surface area (Å²) in [5.41, 5.74) is 3.04. The second-order valence-corrected chi connectivity index (χ2v) is 15.1. The zero-order valence-corrected chi connectivity index (χ0v) is 29.5. The van der Waals surface area contributed by atoms with Gasteiger partial charge in [-0.3, -0.25) is 14.1 Å². The fraction of sp³-hybridized carbons (Fsp3) is 0.297. The molecule has 0 aromatic heterocycles. The van der Waals surface area contributed by atoms with Crippen molar-refractivity contribution in [3.05, 3.63) is 118 Å². The van der Waals surface area contributed by atoms with E-state index < -0.39 is 39.4 Å². The van der Waals surface area contributed by atoms with E-state index in [4.69, 9.17) is 20.9 Å². The van der Waals surface area contributed by atoms with Gasteiger partial charge in [0.25, 0.3) is 16.0 Å². The number of hydrogen-bond donors (Lipinski definition) is 3. The summed E-state index contributed by atoms with van der Waals surface area (Å²) in [7, 11) is -4.22. The lowest BCUT2D eigenvalue weighted by atomic mass is 9.90. The number of benzene rings is 4. The topological polar surface area (TPSA) is 122 Å². The smallest absolute Gasteiger partial charge is 0.416 e. The summed E-state index contributed by atoms with van der Waals surface area (Å²) in [5.74, 6) is -1.47. The Morgan fingerprint density at radius 3 is 2.10 bits per heavy atom. The van der Waals surface area contributed by atoms with Crippen LogP contribution in [0.4, 0.5) is 18.9 Å². The van der Waals surface area contributed by atoms with Crippen LogP contribution in [0.5, 0.6) is 5.75 Å². The molecule has 0 aliphatic rings. The van der Waals surface area contributed by atoms with E-state index in [1.165, 1.54) is 6.07 Å². The maximum atomic E-state index is 13.9. The number of carbonyl (C=O) groups is 2. The normalized spacial score (nSPS) is 12.7. The zero-order valence-electron chi connectivity index (χ0n) is 27.9. The van der Waals surface area contributed by atoms with Crippen LogP contribution in [0.3, 0.4) is 0 Å². The first kappa shape index (κ1) is 38.4. The molecule has 13 heteroatoms. The Bertz CT molecular complexity index is 1940. The Kier molecular flexibility index (Phi) is 12.0. The molecule has 0 radical (unpaired) electrons. The number of ether oxygens (including phenoxy) is 1. The van der Waals surface area contributed by atoms with Gasteiger partial charge in [0.1, 0.15) is 5.75 Å². The van der Waals surface area contributed by atoms with Gasteiger partial charge in [0.05, 0.1) is 23.8 Å². The summed E-state index contributed by atoms with van der Waals surface area (Å²) in [6.45, 7) is 8.19. The van der Waals surface area contributed by atoms with Crippen LogP contribution in [-0.2, 0) is 27.5 Å². The lowest BCUT2D eigenvalue weighted by Crippen LogP contribution is -2.28. The highest BCUT2D eigenvalue weighted by atomic mass is 35.5. The lowest BCUT2D eigenvalue weighted by Gasteiger charge is -2.21. The molecule has 4 aromatic carbocycles. The average molecular weight is 731 g/mol. The van der Waals surface area contributed by atoms with Crippen molar-refractivity contribution in [2.45, 2.75) is 46.2 Å². The maximum absolute atomic E-state index is 13.9. The van der Waals surface area contributed by atoms with Crippen molar-refractivity contribution in [2.24, 2.45) is 5.41 Å². The molecule has 50 heavy (non-hydrogen) atoms. The molecular weight excluding hydrogens is 693 g/mol. The van der Waals surface area contributed by atoms with Crippen LogP contribution in [0.25, 0.3) is 11.1 Å². The third-order valence-electron chi connectivity index (χ3n) is 7.65. The van der Waals surface area contributed by atoms with Crippen LogP contribution in [-0.4, -0.2) is 43.7 Å². The van der Waals surface area contributed by atoms with Gasteiger partial charge in [0.2, 0.25) is 5.91 Å². The van der Waals surface area contributed by atoms with Crippen molar-refractivity contribution in [2.75, 3.05) is 24.2 Å². The van der Waals surface area contributed by atoms with Crippen LogP contribution in [0, 0.1) is 12.3 Å². The highest BCUT2D eigenvalue weighted by molar-refractivity contribution is 7.85. The number of rotatable bonds is 12. The predicted molar refractivity (Wildman–Crippen MR) is 188 cm³/mol. The Hall–Kier alpha value is -4.39. The fourth-order valence-corrected chi connectivity index (χ4v) is 5.71. The van der Waals surface area contributed by atoms with Gasteiger partial charge in [0.15, 0.2) is 0 Å². The van der Waals surface area contributed by atoms with E-state index in [-0.39, 0.29) is 34.9 Å². The quantitative estimate of drug-likeness (QED) is 0.126. The molecule has 1 atom stereocenters. The molecule has 0 aliphatic heterocycles. The molecular formula is C37H38ClF3N2O6S. The number of amides is 2. The van der Waals surface area contributed by atoms with E-state index in [0.29, 0.717) is 40.3 Å². The van der Waals surface area contributed by atoms with Gasteiger partial charge >= 0.3 is 6.18 Å². The summed E-state index contributed by atoms with van der Waals surface area (Å²) in [5, 5.41) is 5.35. The fourth-order valence-electron chi connectivity index (χ4n) is 5.06. The highest BCUT2D eigenvalue weighted by Gasteiger charge is 2.31. The van der Waals surface area contributed by atoms with Crippen molar-refractivity contribution in [3.63, 3.8) is 0 Å². The first-order valence-electron chi connectivity index (χ1n) is 15.6. The largest absolute Gasteiger partial charge is 0.493 e. The van der Waals surface area contributed by atoms with Gasteiger partial charge < -0.3 is 15.4 Å². The Morgan fingerprint density at radius 2 is 1.54 bits per heavy atom. The number of carbonyl (C=O) groups excluding carboxylic acids is 2. The number of nitrogens with one attached hydrogen (secondary N) is 2. The van der Waals surface area contributed by atoms with Crippen molar-refractivity contribution in [1.82, 2.24) is 5.32 Å². The Labute approximate surface area is 294 Å². The molecule has 0 aliphatic carbocycles. The lowest BCUT2D eigenvalue weighted by molar-refractivity contribution is -0.137. The summed E-state index contributed by atoms with van der Waals surface area (Å²) in [4.78, 5) is 26.3. The minimum atomic E-state index is -4.52. The second kappa shape index (κ2) is 15.7. The summed E-state index contributed by atoms with van der Waals surface area (Å²) in [6.07, 6.45) is -4.26. The molecule has 0 bridgehead atoms. The Balaban J connectivity index is 1.56. The van der Waals surface area contributed by atoms with E-state index in [2.05, 4.69) is 31.4 Å². The van der Waals surface area contributed by atoms with Crippen molar-refractivity contribution in [1.29, 1.82) is 0 Å². The average Bonchev–Trinajstić information content (AvgIpc) is 3.02. The zero-order chi connectivity index (χ0) is 36.9. The highest BCUT2D eigenvalue weighted by Crippen LogP contribution is 2.37. The number of hydrogen-bond acceptors (Lipinski definition) is 5. The van der Waals surface area contributed by atoms with Crippen molar-refractivity contribution >= 4 is 39.2 Å². The van der Waals surface area contributed by atoms with E-state index in [0.717, 1.165) is 17.7 Å². The van der Waals surface area contributed by atoms with Crippen LogP contribution in [0.2, 0.25) is 5.02 Å². The van der Waals surface area contributed by atoms with Crippen molar-refractivity contribution < 1.29 is 40.5 Å². The molecule has 0 heterocycles. The molecule has 4 rings (SSSR count). The molecule has 4 aromatic rings. The molecule has 266 valence electrons. The summed E-state index contributed by atoms with van der Waals surface area (Å²) in [6, 6.07) is 22.0. The van der Waals surface area contributed by atoms with Gasteiger partial charge in [-0.25, -0.2) is 0 Å². The van der Waals surface area contributed by atoms with Crippen LogP contribution in [0.1, 0.15) is 59.3 Å². The molecule has 0 saturated carbocycles. The molecule has 3 N–H and O–H groups in total. The van der Waals surface area contributed by atoms with Crippen LogP contribution in [0.15, 0.2) is 84.9 Å². The second-order valence-electron chi connectivity index (χ2n) is 13.1. The van der Waals surface area contributed by atoms with Crippen molar-refractivity contribution in [3.8, 4) is 16.9 Å². The van der Waals surface area contributed by atoms with E-state index >= 15 is 0 Å². The third-order valence-corrected chi connectivity index (χ3v) is 8.69. The van der Waals surface area contributed by atoms with Gasteiger partial charge in [0, 0.05) is 28.4 Å². The monoisotopic (exact) mass is 730 g/mol. The molecule has 8 nitrogen and oxygen atoms in total. The molecule has 0 saturated heterocycles. The molecule has 2 amide bonds. The van der Waals surface area contributed by atoms with Crippen LogP contribution >= 0.6 is 11.6 Å². The first-order valence-corrected chi connectivity index (χ1v) is 17.6. The molecule has 0 spiro atoms. The maximum Gasteiger partial charge on any atom is 0.416 e. The van der Waals surface area contributed by atoms with Gasteiger partial charge in [-0.15, -0.1) is 0 Å². The van der Waals surface area contributed by atoms with Gasteiger partial charge in [-0.1, -0.05) is 68.8 Å². The first-order chi connectivity index (χ1) is 23.3. The third kappa shape index (κ3) is 11.1. The van der Waals surface area contributed by atoms with E-state index in [1.807, 2.05) is 12.1 Å². The summed E-state index contributed by atoms with van der Waals surface area (Å²) < 4.78 is 76.1. The Morgan fingerprint density at radius 1 is 0.900 bits per heavy atom. The number of aryl methyl sites for hydroxylation is 1. The standard InChI is InChI=1S/C37H38ClF3N2O6S/c1-23-19-28(12-16-30(23)31-15-11-27(21-33(31)38)37(39,40)41)43-35(45)32(25-9-13-29(14-10-25)49-22-36(2,3)4)20-24-5-7-26(8-6-24)34(44)42-17-18-50(46,47)48/h5-16,19,21,32H,17-18,20,22H2,1-4H3,(H,42,44)(H,43,45)(H,46,47,48). The SMILES string of the molecule is Cc1cc(NC(=O)C(Cc2ccc(C(=O)NCCS(=O)(=O)O)cc2)c2ccc(OCC(C)(C)C)cc2)ccc1-c1ccc(C(F)(F)F)cc1Cl.